The van der Waals surface area contributed by atoms with E-state index in [0.717, 1.165) is 35.6 Å². The fraction of sp³-hybridized carbons (Fsp3) is 0.536. The zero-order chi connectivity index (χ0) is 27.3. The summed E-state index contributed by atoms with van der Waals surface area (Å²) in [6.45, 7) is 1.75. The third kappa shape index (κ3) is 3.73. The van der Waals surface area contributed by atoms with Crippen molar-refractivity contribution in [3.05, 3.63) is 43.1 Å². The number of hydrogen-bond donors (Lipinski definition) is 2. The minimum Gasteiger partial charge on any atom is -0.481 e. The second-order valence-corrected chi connectivity index (χ2v) is 13.7. The van der Waals surface area contributed by atoms with Gasteiger partial charge in [0.2, 0.25) is 0 Å². The molecule has 0 unspecified atom stereocenters. The molecular formula is C28H27Cl2NO7S. The molecule has 2 bridgehead atoms. The first kappa shape index (κ1) is 25.8. The molecular weight excluding hydrogens is 565 g/mol. The Labute approximate surface area is 238 Å². The lowest BCUT2D eigenvalue weighted by Crippen LogP contribution is -2.76. The van der Waals surface area contributed by atoms with Gasteiger partial charge >= 0.3 is 11.9 Å². The van der Waals surface area contributed by atoms with Crippen LogP contribution in [-0.4, -0.2) is 63.7 Å². The minimum absolute atomic E-state index is 0.0339. The maximum absolute atomic E-state index is 13.2. The van der Waals surface area contributed by atoms with Gasteiger partial charge in [-0.2, -0.15) is 0 Å². The van der Waals surface area contributed by atoms with Crippen molar-refractivity contribution in [2.45, 2.75) is 74.5 Å². The molecule has 11 heteroatoms. The molecule has 1 aromatic carbocycles. The number of halogens is 2. The molecule has 2 N–H and O–H groups in total. The molecule has 1 spiro atoms. The van der Waals surface area contributed by atoms with Gasteiger partial charge < -0.3 is 19.7 Å². The molecule has 5 aliphatic rings. The number of ketones is 1. The lowest BCUT2D eigenvalue weighted by molar-refractivity contribution is -0.188. The lowest BCUT2D eigenvalue weighted by Gasteiger charge is -2.62. The second kappa shape index (κ2) is 8.91. The highest BCUT2D eigenvalue weighted by Gasteiger charge is 2.73. The number of carbonyl (C=O) groups is 3. The third-order valence-electron chi connectivity index (χ3n) is 9.43. The van der Waals surface area contributed by atoms with Crippen molar-refractivity contribution < 1.29 is 34.1 Å². The Kier molecular flexibility index (Phi) is 5.89. The van der Waals surface area contributed by atoms with Crippen molar-refractivity contribution >= 4 is 52.3 Å². The molecule has 2 aromatic rings. The summed E-state index contributed by atoms with van der Waals surface area (Å²) in [4.78, 5) is 40.1. The van der Waals surface area contributed by atoms with Crippen molar-refractivity contribution in [3.8, 4) is 11.5 Å². The van der Waals surface area contributed by atoms with Gasteiger partial charge in [0.05, 0.1) is 32.5 Å². The molecule has 1 aromatic heterocycles. The first-order chi connectivity index (χ1) is 18.6. The summed E-state index contributed by atoms with van der Waals surface area (Å²) in [5.41, 5.74) is 0.486. The SMILES string of the molecule is O=C(O)Cc1c(Cl)sc(Cl)c1CC(=O)Oc1ccc2c3c1O[C@H]1C(=O)CC[C@@]4(O)[C@@H](C2)N(CC2CC2)CC[C@]314. The van der Waals surface area contributed by atoms with Crippen LogP contribution in [-0.2, 0) is 39.1 Å². The molecule has 3 fully saturated rings. The van der Waals surface area contributed by atoms with E-state index in [1.807, 2.05) is 6.07 Å². The van der Waals surface area contributed by atoms with Crippen molar-refractivity contribution in [2.75, 3.05) is 13.1 Å². The van der Waals surface area contributed by atoms with Gasteiger partial charge in [-0.25, -0.2) is 0 Å². The fourth-order valence-corrected chi connectivity index (χ4v) is 9.32. The summed E-state index contributed by atoms with van der Waals surface area (Å²) in [5.74, 6) is -0.543. The van der Waals surface area contributed by atoms with Crippen LogP contribution < -0.4 is 9.47 Å². The largest absolute Gasteiger partial charge is 0.481 e. The van der Waals surface area contributed by atoms with Crippen LogP contribution >= 0.6 is 34.5 Å². The van der Waals surface area contributed by atoms with E-state index in [4.69, 9.17) is 32.7 Å². The number of aliphatic carboxylic acids is 1. The number of rotatable bonds is 7. The molecule has 7 rings (SSSR count). The van der Waals surface area contributed by atoms with Crippen LogP contribution in [0.15, 0.2) is 12.1 Å². The van der Waals surface area contributed by atoms with E-state index in [0.29, 0.717) is 42.1 Å². The third-order valence-corrected chi connectivity index (χ3v) is 11.2. The van der Waals surface area contributed by atoms with Crippen molar-refractivity contribution in [3.63, 3.8) is 0 Å². The Morgan fingerprint density at radius 1 is 1.15 bits per heavy atom. The average Bonchev–Trinajstić information content (AvgIpc) is 3.56. The molecule has 3 heterocycles. The number of benzene rings is 1. The van der Waals surface area contributed by atoms with Crippen LogP contribution in [0.25, 0.3) is 0 Å². The zero-order valence-electron chi connectivity index (χ0n) is 21.0. The van der Waals surface area contributed by atoms with Gasteiger partial charge in [0.1, 0.15) is 0 Å². The molecule has 4 atom stereocenters. The van der Waals surface area contributed by atoms with Crippen molar-refractivity contribution in [2.24, 2.45) is 5.92 Å². The Morgan fingerprint density at radius 2 is 1.90 bits per heavy atom. The molecule has 2 aliphatic heterocycles. The van der Waals surface area contributed by atoms with Crippen LogP contribution in [0.4, 0.5) is 0 Å². The normalized spacial score (nSPS) is 30.6. The van der Waals surface area contributed by atoms with Gasteiger partial charge in [-0.15, -0.1) is 11.3 Å². The predicted octanol–water partition coefficient (Wildman–Crippen LogP) is 3.96. The van der Waals surface area contributed by atoms with Gasteiger partial charge in [-0.05, 0) is 67.3 Å². The van der Waals surface area contributed by atoms with E-state index >= 15 is 0 Å². The van der Waals surface area contributed by atoms with Crippen LogP contribution in [0.2, 0.25) is 8.67 Å². The Balaban J connectivity index is 1.24. The topological polar surface area (TPSA) is 113 Å². The Morgan fingerprint density at radius 3 is 2.62 bits per heavy atom. The van der Waals surface area contributed by atoms with Crippen molar-refractivity contribution in [1.82, 2.24) is 4.90 Å². The van der Waals surface area contributed by atoms with Gasteiger partial charge in [0.25, 0.3) is 0 Å². The zero-order valence-corrected chi connectivity index (χ0v) is 23.3. The molecule has 0 amide bonds. The quantitative estimate of drug-likeness (QED) is 0.367. The number of ether oxygens (including phenoxy) is 2. The monoisotopic (exact) mass is 591 g/mol. The van der Waals surface area contributed by atoms with Crippen LogP contribution in [0.1, 0.15) is 54.4 Å². The summed E-state index contributed by atoms with van der Waals surface area (Å²) < 4.78 is 12.6. The van der Waals surface area contributed by atoms with Gasteiger partial charge in [-0.1, -0.05) is 29.3 Å². The number of nitrogens with zero attached hydrogens (tertiary/aromatic N) is 1. The van der Waals surface area contributed by atoms with Crippen LogP contribution in [0.3, 0.4) is 0 Å². The average molecular weight is 592 g/mol. The van der Waals surface area contributed by atoms with E-state index in [1.54, 1.807) is 6.07 Å². The molecule has 206 valence electrons. The van der Waals surface area contributed by atoms with E-state index < -0.39 is 29.1 Å². The standard InChI is InChI=1S/C28H27Cl2NO7S/c29-25-15(10-20(33)34)16(26(30)39-25)11-21(35)37-18-4-3-14-9-19-28(36)6-5-17(32)24-27(28,22(14)23(18)38-24)7-8-31(19)12-13-1-2-13/h3-4,13,19,24,36H,1-2,5-12H2,(H,33,34)/t19-,24+,27+,28-/m1/s1. The lowest BCUT2D eigenvalue weighted by atomic mass is 9.49. The van der Waals surface area contributed by atoms with Gasteiger partial charge in [0, 0.05) is 24.6 Å². The first-order valence-corrected chi connectivity index (χ1v) is 14.9. The van der Waals surface area contributed by atoms with E-state index in [2.05, 4.69) is 4.90 Å². The highest BCUT2D eigenvalue weighted by Crippen LogP contribution is 2.65. The second-order valence-electron chi connectivity index (χ2n) is 11.5. The number of aliphatic hydroxyl groups is 1. The number of thiophene rings is 1. The summed E-state index contributed by atoms with van der Waals surface area (Å²) in [6, 6.07) is 3.53. The van der Waals surface area contributed by atoms with Gasteiger partial charge in [-0.3, -0.25) is 19.3 Å². The van der Waals surface area contributed by atoms with Crippen molar-refractivity contribution in [1.29, 1.82) is 0 Å². The molecule has 3 aliphatic carbocycles. The molecule has 39 heavy (non-hydrogen) atoms. The van der Waals surface area contributed by atoms with E-state index in [9.17, 15) is 24.6 Å². The predicted molar refractivity (Wildman–Crippen MR) is 143 cm³/mol. The number of piperidine rings is 1. The van der Waals surface area contributed by atoms with E-state index in [1.165, 1.54) is 12.8 Å². The van der Waals surface area contributed by atoms with Gasteiger partial charge in [0.15, 0.2) is 23.4 Å². The molecule has 8 nitrogen and oxygen atoms in total. The first-order valence-electron chi connectivity index (χ1n) is 13.3. The highest BCUT2D eigenvalue weighted by molar-refractivity contribution is 7.20. The number of carboxylic acid groups (broad SMARTS) is 1. The summed E-state index contributed by atoms with van der Waals surface area (Å²) >= 11 is 13.5. The number of likely N-dealkylation sites (tertiary alicyclic amines) is 1. The number of esters is 1. The smallest absolute Gasteiger partial charge is 0.315 e. The van der Waals surface area contributed by atoms with Crippen LogP contribution in [0.5, 0.6) is 11.5 Å². The fourth-order valence-electron chi connectivity index (χ4n) is 7.58. The highest BCUT2D eigenvalue weighted by atomic mass is 35.5. The number of Topliss-reactive ketones (excluding diaryl/α,β-unsaturated/α-hetero) is 1. The number of carboxylic acids is 1. The number of hydrogen-bond acceptors (Lipinski definition) is 8. The maximum Gasteiger partial charge on any atom is 0.315 e. The Hall–Kier alpha value is -2.17. The van der Waals surface area contributed by atoms with E-state index in [-0.39, 0.29) is 45.5 Å². The minimum atomic E-state index is -1.10. The summed E-state index contributed by atoms with van der Waals surface area (Å²) in [7, 11) is 0. The summed E-state index contributed by atoms with van der Waals surface area (Å²) in [5, 5.41) is 21.6. The Bertz CT molecular complexity index is 1440. The summed E-state index contributed by atoms with van der Waals surface area (Å²) in [6.07, 6.45) is 2.90. The molecule has 0 radical (unpaired) electrons. The maximum atomic E-state index is 13.2. The molecule has 1 saturated heterocycles. The molecule has 2 saturated carbocycles. The number of carbonyl (C=O) groups excluding carboxylic acids is 2. The van der Waals surface area contributed by atoms with Crippen LogP contribution in [0, 0.1) is 5.92 Å².